The molecule has 0 aromatic heterocycles. The van der Waals surface area contributed by atoms with Gasteiger partial charge in [0.05, 0.1) is 6.61 Å². The van der Waals surface area contributed by atoms with E-state index in [9.17, 15) is 18.0 Å². The number of carbonyl (C=O) groups excluding carboxylic acids is 1. The molecule has 0 radical (unpaired) electrons. The highest BCUT2D eigenvalue weighted by molar-refractivity contribution is 5.85. The van der Waals surface area contributed by atoms with Crippen LogP contribution in [0.25, 0.3) is 0 Å². The molecule has 0 aromatic rings. The summed E-state index contributed by atoms with van der Waals surface area (Å²) < 4.78 is 40.8. The average Bonchev–Trinajstić information content (AvgIpc) is 2.03. The van der Waals surface area contributed by atoms with E-state index in [1.807, 2.05) is 0 Å². The van der Waals surface area contributed by atoms with Gasteiger partial charge in [-0.1, -0.05) is 0 Å². The summed E-state index contributed by atoms with van der Waals surface area (Å²) in [6.45, 7) is -0.467. The molecule has 0 amide bonds. The van der Waals surface area contributed by atoms with Crippen LogP contribution in [0, 0.1) is 0 Å². The molecule has 0 fully saturated rings. The fourth-order valence-corrected chi connectivity index (χ4v) is 0.479. The maximum Gasteiger partial charge on any atom is 0.345 e. The fraction of sp³-hybridized carbons (Fsp3) is 0.833. The van der Waals surface area contributed by atoms with E-state index in [1.165, 1.54) is 6.92 Å². The van der Waals surface area contributed by atoms with E-state index >= 15 is 0 Å². The topological polar surface area (TPSA) is 52.3 Å². The number of nitrogens with two attached hydrogens (primary N) is 1. The number of esters is 1. The molecule has 2 N–H and O–H groups in total. The van der Waals surface area contributed by atoms with Gasteiger partial charge >= 0.3 is 5.97 Å². The zero-order chi connectivity index (χ0) is 9.78. The zero-order valence-electron chi connectivity index (χ0n) is 6.93. The van der Waals surface area contributed by atoms with Crippen molar-refractivity contribution in [2.75, 3.05) is 13.3 Å². The highest BCUT2D eigenvalue weighted by Crippen LogP contribution is 2.15. The van der Waals surface area contributed by atoms with Crippen molar-refractivity contribution in [2.24, 2.45) is 5.73 Å². The van der Waals surface area contributed by atoms with Gasteiger partial charge < -0.3 is 4.74 Å². The molecule has 0 saturated heterocycles. The molecule has 0 aromatic carbocycles. The van der Waals surface area contributed by atoms with Gasteiger partial charge in [-0.15, -0.1) is 12.4 Å². The Labute approximate surface area is 79.8 Å². The van der Waals surface area contributed by atoms with Crippen LogP contribution in [0.2, 0.25) is 0 Å². The summed E-state index contributed by atoms with van der Waals surface area (Å²) in [7, 11) is 0. The molecule has 3 nitrogen and oxygen atoms in total. The first kappa shape index (κ1) is 15.0. The molecule has 7 heteroatoms. The van der Waals surface area contributed by atoms with Crippen LogP contribution in [0.15, 0.2) is 0 Å². The summed E-state index contributed by atoms with van der Waals surface area (Å²) in [6, 6.07) is 0. The summed E-state index contributed by atoms with van der Waals surface area (Å²) >= 11 is 0. The Morgan fingerprint density at radius 3 is 2.46 bits per heavy atom. The Balaban J connectivity index is 0. The Kier molecular flexibility index (Phi) is 6.97. The van der Waals surface area contributed by atoms with E-state index in [2.05, 4.69) is 10.5 Å². The lowest BCUT2D eigenvalue weighted by molar-refractivity contribution is -0.156. The van der Waals surface area contributed by atoms with Crippen molar-refractivity contribution in [3.63, 3.8) is 0 Å². The standard InChI is InChI=1S/C6H10F3NO2.ClH/c1-2-12-5(11)4(8)6(9,10)3-7;/h4H,2-3,10H2,1H3;1H. The van der Waals surface area contributed by atoms with Crippen LogP contribution >= 0.6 is 12.4 Å². The minimum Gasteiger partial charge on any atom is -0.464 e. The van der Waals surface area contributed by atoms with Crippen LogP contribution in [0.3, 0.4) is 0 Å². The maximum absolute atomic E-state index is 12.5. The van der Waals surface area contributed by atoms with E-state index in [1.54, 1.807) is 0 Å². The summed E-state index contributed by atoms with van der Waals surface area (Å²) in [6.07, 6.45) is -2.78. The average molecular weight is 222 g/mol. The second-order valence-electron chi connectivity index (χ2n) is 2.17. The lowest BCUT2D eigenvalue weighted by Gasteiger charge is -2.18. The van der Waals surface area contributed by atoms with Crippen LogP contribution < -0.4 is 5.73 Å². The highest BCUT2D eigenvalue weighted by Gasteiger charge is 2.42. The number of hydrogen-bond donors (Lipinski definition) is 1. The van der Waals surface area contributed by atoms with Crippen molar-refractivity contribution in [3.8, 4) is 0 Å². The van der Waals surface area contributed by atoms with E-state index in [4.69, 9.17) is 0 Å². The molecule has 0 aliphatic heterocycles. The Bertz CT molecular complexity index is 168. The lowest BCUT2D eigenvalue weighted by atomic mass is 10.2. The van der Waals surface area contributed by atoms with Gasteiger partial charge in [-0.2, -0.15) is 0 Å². The number of carbonyl (C=O) groups is 1. The smallest absolute Gasteiger partial charge is 0.345 e. The van der Waals surface area contributed by atoms with Gasteiger partial charge in [0, 0.05) is 0 Å². The number of hydrogen-bond acceptors (Lipinski definition) is 3. The third-order valence-electron chi connectivity index (χ3n) is 1.12. The Morgan fingerprint density at radius 1 is 1.69 bits per heavy atom. The quantitative estimate of drug-likeness (QED) is 0.567. The Hall–Kier alpha value is -0.490. The normalized spacial score (nSPS) is 16.7. The zero-order valence-corrected chi connectivity index (χ0v) is 7.74. The van der Waals surface area contributed by atoms with Crippen LogP contribution in [-0.4, -0.2) is 31.2 Å². The molecular formula is C6H11ClF3NO2. The van der Waals surface area contributed by atoms with Gasteiger partial charge in [-0.3, -0.25) is 5.73 Å². The molecule has 0 rings (SSSR count). The lowest BCUT2D eigenvalue weighted by Crippen LogP contribution is -2.50. The molecule has 2 unspecified atom stereocenters. The van der Waals surface area contributed by atoms with Crippen LogP contribution in [-0.2, 0) is 9.53 Å². The van der Waals surface area contributed by atoms with Crippen molar-refractivity contribution < 1.29 is 22.7 Å². The molecule has 0 heterocycles. The predicted molar refractivity (Wildman–Crippen MR) is 42.8 cm³/mol. The van der Waals surface area contributed by atoms with Crippen molar-refractivity contribution in [2.45, 2.75) is 18.9 Å². The van der Waals surface area contributed by atoms with Crippen LogP contribution in [0.5, 0.6) is 0 Å². The van der Waals surface area contributed by atoms with E-state index in [0.29, 0.717) is 0 Å². The Morgan fingerprint density at radius 2 is 2.15 bits per heavy atom. The first-order valence-electron chi connectivity index (χ1n) is 3.30. The SMILES string of the molecule is CCOC(=O)C(F)C(N)(F)CF.Cl. The summed E-state index contributed by atoms with van der Waals surface area (Å²) in [5.41, 5.74) is 4.47. The summed E-state index contributed by atoms with van der Waals surface area (Å²) in [4.78, 5) is 10.5. The van der Waals surface area contributed by atoms with Crippen molar-refractivity contribution in [1.82, 2.24) is 0 Å². The highest BCUT2D eigenvalue weighted by atomic mass is 35.5. The third kappa shape index (κ3) is 4.33. The van der Waals surface area contributed by atoms with Gasteiger partial charge in [-0.05, 0) is 6.92 Å². The van der Waals surface area contributed by atoms with E-state index in [0.717, 1.165) is 0 Å². The van der Waals surface area contributed by atoms with E-state index in [-0.39, 0.29) is 19.0 Å². The fourth-order valence-electron chi connectivity index (χ4n) is 0.479. The molecule has 0 spiro atoms. The first-order chi connectivity index (χ1) is 5.45. The molecule has 0 saturated carbocycles. The first-order valence-corrected chi connectivity index (χ1v) is 3.30. The monoisotopic (exact) mass is 221 g/mol. The number of rotatable bonds is 4. The van der Waals surface area contributed by atoms with Gasteiger partial charge in [0.1, 0.15) is 6.67 Å². The minimum absolute atomic E-state index is 0. The largest absolute Gasteiger partial charge is 0.464 e. The van der Waals surface area contributed by atoms with Gasteiger partial charge in [0.2, 0.25) is 12.0 Å². The second-order valence-corrected chi connectivity index (χ2v) is 2.17. The van der Waals surface area contributed by atoms with Crippen LogP contribution in [0.1, 0.15) is 6.92 Å². The van der Waals surface area contributed by atoms with Crippen molar-refractivity contribution in [1.29, 1.82) is 0 Å². The molecule has 80 valence electrons. The molecule has 0 aliphatic rings. The minimum atomic E-state index is -3.29. The molecule has 0 bridgehead atoms. The maximum atomic E-state index is 12.5. The molecule has 13 heavy (non-hydrogen) atoms. The third-order valence-corrected chi connectivity index (χ3v) is 1.12. The number of ether oxygens (including phenoxy) is 1. The summed E-state index contributed by atoms with van der Waals surface area (Å²) in [5.74, 6) is -4.77. The molecule has 0 aliphatic carbocycles. The van der Waals surface area contributed by atoms with Gasteiger partial charge in [0.25, 0.3) is 0 Å². The van der Waals surface area contributed by atoms with Crippen molar-refractivity contribution >= 4 is 18.4 Å². The van der Waals surface area contributed by atoms with E-state index < -0.39 is 24.6 Å². The summed E-state index contributed by atoms with van der Waals surface area (Å²) in [5, 5.41) is 0. The van der Waals surface area contributed by atoms with Gasteiger partial charge in [0.15, 0.2) is 0 Å². The molecular weight excluding hydrogens is 211 g/mol. The molecule has 2 atom stereocenters. The number of halogens is 4. The predicted octanol–water partition coefficient (Wildman–Crippen LogP) is 0.903. The number of alkyl halides is 3. The van der Waals surface area contributed by atoms with Crippen LogP contribution in [0.4, 0.5) is 13.2 Å². The van der Waals surface area contributed by atoms with Gasteiger partial charge in [-0.25, -0.2) is 18.0 Å². The van der Waals surface area contributed by atoms with Crippen molar-refractivity contribution in [3.05, 3.63) is 0 Å². The second kappa shape index (κ2) is 6.04.